The SMILES string of the molecule is OP(O)Oc1cccc(Cc2ccccc2)c1. The van der Waals surface area contributed by atoms with Gasteiger partial charge in [0, 0.05) is 0 Å². The summed E-state index contributed by atoms with van der Waals surface area (Å²) >= 11 is 0. The fraction of sp³-hybridized carbons (Fsp3) is 0.0769. The van der Waals surface area contributed by atoms with Gasteiger partial charge in [0.25, 0.3) is 0 Å². The summed E-state index contributed by atoms with van der Waals surface area (Å²) in [7, 11) is -2.35. The van der Waals surface area contributed by atoms with Gasteiger partial charge in [-0.15, -0.1) is 0 Å². The van der Waals surface area contributed by atoms with E-state index in [1.165, 1.54) is 5.56 Å². The summed E-state index contributed by atoms with van der Waals surface area (Å²) in [4.78, 5) is 17.6. The Morgan fingerprint density at radius 3 is 2.29 bits per heavy atom. The summed E-state index contributed by atoms with van der Waals surface area (Å²) < 4.78 is 4.87. The lowest BCUT2D eigenvalue weighted by molar-refractivity contribution is 0.375. The van der Waals surface area contributed by atoms with Gasteiger partial charge in [-0.3, -0.25) is 0 Å². The van der Waals surface area contributed by atoms with Gasteiger partial charge in [0.1, 0.15) is 5.75 Å². The van der Waals surface area contributed by atoms with Gasteiger partial charge in [-0.2, -0.15) is 0 Å². The van der Waals surface area contributed by atoms with Crippen LogP contribution in [-0.2, 0) is 6.42 Å². The molecule has 0 saturated heterocycles. The first-order chi connectivity index (χ1) is 8.24. The van der Waals surface area contributed by atoms with E-state index in [0.29, 0.717) is 5.75 Å². The van der Waals surface area contributed by atoms with Gasteiger partial charge in [0.2, 0.25) is 0 Å². The Hall–Kier alpha value is -1.41. The Kier molecular flexibility index (Phi) is 4.10. The fourth-order valence-electron chi connectivity index (χ4n) is 1.64. The molecule has 0 atom stereocenters. The number of benzene rings is 2. The second kappa shape index (κ2) is 5.78. The Morgan fingerprint density at radius 2 is 1.59 bits per heavy atom. The quantitative estimate of drug-likeness (QED) is 0.818. The van der Waals surface area contributed by atoms with Crippen LogP contribution in [0.25, 0.3) is 0 Å². The molecule has 0 saturated carbocycles. The molecule has 2 rings (SSSR count). The summed E-state index contributed by atoms with van der Waals surface area (Å²) in [6.45, 7) is 0. The standard InChI is InChI=1S/C13H13O3P/c14-17(15)16-13-8-4-7-12(10-13)9-11-5-2-1-3-6-11/h1-8,10,14-15H,9H2. The highest BCUT2D eigenvalue weighted by molar-refractivity contribution is 7.39. The van der Waals surface area contributed by atoms with E-state index >= 15 is 0 Å². The Bertz CT molecular complexity index is 471. The second-order valence-corrected chi connectivity index (χ2v) is 4.34. The van der Waals surface area contributed by atoms with Crippen molar-refractivity contribution in [3.8, 4) is 5.75 Å². The minimum absolute atomic E-state index is 0.481. The van der Waals surface area contributed by atoms with Crippen LogP contribution >= 0.6 is 8.60 Å². The Balaban J connectivity index is 2.11. The predicted molar refractivity (Wildman–Crippen MR) is 67.7 cm³/mol. The maximum Gasteiger partial charge on any atom is 0.391 e. The van der Waals surface area contributed by atoms with Crippen LogP contribution in [0.3, 0.4) is 0 Å². The third kappa shape index (κ3) is 3.82. The van der Waals surface area contributed by atoms with Crippen LogP contribution in [0.2, 0.25) is 0 Å². The molecule has 2 aromatic carbocycles. The second-order valence-electron chi connectivity index (χ2n) is 3.65. The molecule has 0 aliphatic carbocycles. The van der Waals surface area contributed by atoms with E-state index in [2.05, 4.69) is 12.1 Å². The lowest BCUT2D eigenvalue weighted by atomic mass is 10.1. The highest BCUT2D eigenvalue weighted by atomic mass is 31.2. The van der Waals surface area contributed by atoms with Crippen molar-refractivity contribution in [1.29, 1.82) is 0 Å². The van der Waals surface area contributed by atoms with Crippen LogP contribution in [0.1, 0.15) is 11.1 Å². The van der Waals surface area contributed by atoms with E-state index in [1.807, 2.05) is 36.4 Å². The molecule has 4 heteroatoms. The molecule has 0 fully saturated rings. The van der Waals surface area contributed by atoms with E-state index in [9.17, 15) is 0 Å². The largest absolute Gasteiger partial charge is 0.427 e. The molecular formula is C13H13O3P. The summed E-state index contributed by atoms with van der Waals surface area (Å²) in [5.41, 5.74) is 2.28. The minimum Gasteiger partial charge on any atom is -0.427 e. The zero-order valence-electron chi connectivity index (χ0n) is 9.15. The first-order valence-corrected chi connectivity index (χ1v) is 6.39. The molecule has 0 aliphatic rings. The number of rotatable bonds is 4. The van der Waals surface area contributed by atoms with Crippen LogP contribution in [0.15, 0.2) is 54.6 Å². The summed E-state index contributed by atoms with van der Waals surface area (Å²) in [5.74, 6) is 0.481. The molecule has 0 amide bonds. The van der Waals surface area contributed by atoms with Gasteiger partial charge in [-0.1, -0.05) is 42.5 Å². The smallest absolute Gasteiger partial charge is 0.391 e. The molecule has 0 heterocycles. The monoisotopic (exact) mass is 248 g/mol. The first kappa shape index (κ1) is 12.1. The van der Waals surface area contributed by atoms with Gasteiger partial charge in [0.15, 0.2) is 0 Å². The molecule has 88 valence electrons. The predicted octanol–water partition coefficient (Wildman–Crippen LogP) is 2.87. The van der Waals surface area contributed by atoms with Gasteiger partial charge >= 0.3 is 8.60 Å². The van der Waals surface area contributed by atoms with E-state index in [-0.39, 0.29) is 0 Å². The Morgan fingerprint density at radius 1 is 0.882 bits per heavy atom. The molecule has 0 unspecified atom stereocenters. The maximum atomic E-state index is 8.78. The molecule has 3 nitrogen and oxygen atoms in total. The Labute approximate surface area is 101 Å². The van der Waals surface area contributed by atoms with Crippen molar-refractivity contribution in [2.45, 2.75) is 6.42 Å². The van der Waals surface area contributed by atoms with Crippen LogP contribution in [0.5, 0.6) is 5.75 Å². The van der Waals surface area contributed by atoms with E-state index in [1.54, 1.807) is 6.07 Å². The summed E-state index contributed by atoms with van der Waals surface area (Å²) in [6, 6.07) is 17.4. The normalized spacial score (nSPS) is 10.5. The zero-order chi connectivity index (χ0) is 12.1. The molecule has 2 N–H and O–H groups in total. The molecule has 0 bridgehead atoms. The lowest BCUT2D eigenvalue weighted by Crippen LogP contribution is -1.90. The number of hydrogen-bond acceptors (Lipinski definition) is 3. The molecule has 0 aliphatic heterocycles. The van der Waals surface area contributed by atoms with Crippen molar-refractivity contribution in [2.75, 3.05) is 0 Å². The average Bonchev–Trinajstić information content (AvgIpc) is 2.30. The van der Waals surface area contributed by atoms with Crippen LogP contribution in [0, 0.1) is 0 Å². The highest BCUT2D eigenvalue weighted by Crippen LogP contribution is 2.29. The molecule has 0 radical (unpaired) electrons. The van der Waals surface area contributed by atoms with E-state index in [4.69, 9.17) is 14.3 Å². The van der Waals surface area contributed by atoms with Crippen molar-refractivity contribution in [1.82, 2.24) is 0 Å². The summed E-state index contributed by atoms with van der Waals surface area (Å²) in [5, 5.41) is 0. The third-order valence-corrected chi connectivity index (χ3v) is 2.71. The van der Waals surface area contributed by atoms with E-state index < -0.39 is 8.60 Å². The van der Waals surface area contributed by atoms with Gasteiger partial charge < -0.3 is 14.3 Å². The van der Waals surface area contributed by atoms with Crippen molar-refractivity contribution in [2.24, 2.45) is 0 Å². The molecule has 17 heavy (non-hydrogen) atoms. The van der Waals surface area contributed by atoms with E-state index in [0.717, 1.165) is 12.0 Å². The zero-order valence-corrected chi connectivity index (χ0v) is 10.0. The van der Waals surface area contributed by atoms with Gasteiger partial charge in [0.05, 0.1) is 0 Å². The van der Waals surface area contributed by atoms with Crippen molar-refractivity contribution < 1.29 is 14.3 Å². The minimum atomic E-state index is -2.35. The molecule has 2 aromatic rings. The third-order valence-electron chi connectivity index (χ3n) is 2.34. The molecule has 0 aromatic heterocycles. The first-order valence-electron chi connectivity index (χ1n) is 5.23. The molecule has 0 spiro atoms. The topological polar surface area (TPSA) is 49.7 Å². The van der Waals surface area contributed by atoms with Crippen molar-refractivity contribution in [3.05, 3.63) is 65.7 Å². The average molecular weight is 248 g/mol. The van der Waals surface area contributed by atoms with Crippen molar-refractivity contribution in [3.63, 3.8) is 0 Å². The summed E-state index contributed by atoms with van der Waals surface area (Å²) in [6.07, 6.45) is 0.798. The van der Waals surface area contributed by atoms with Crippen LogP contribution < -0.4 is 4.52 Å². The fourth-order valence-corrected chi connectivity index (χ4v) is 1.94. The van der Waals surface area contributed by atoms with Gasteiger partial charge in [-0.05, 0) is 29.7 Å². The number of hydrogen-bond donors (Lipinski definition) is 2. The molecular weight excluding hydrogens is 235 g/mol. The van der Waals surface area contributed by atoms with Gasteiger partial charge in [-0.25, -0.2) is 0 Å². The van der Waals surface area contributed by atoms with Crippen LogP contribution in [-0.4, -0.2) is 9.79 Å². The maximum absolute atomic E-state index is 8.78. The van der Waals surface area contributed by atoms with Crippen LogP contribution in [0.4, 0.5) is 0 Å². The highest BCUT2D eigenvalue weighted by Gasteiger charge is 2.03. The lowest BCUT2D eigenvalue weighted by Gasteiger charge is -2.07. The van der Waals surface area contributed by atoms with Crippen molar-refractivity contribution >= 4 is 8.60 Å².